The fraction of sp³-hybridized carbons (Fsp3) is 0.167. The maximum absolute atomic E-state index is 6.01. The lowest BCUT2D eigenvalue weighted by Crippen LogP contribution is -1.88. The Kier molecular flexibility index (Phi) is 4.41. The van der Waals surface area contributed by atoms with Gasteiger partial charge in [0.1, 0.15) is 0 Å². The van der Waals surface area contributed by atoms with E-state index in [1.807, 2.05) is 36.4 Å². The number of allylic oxidation sites excluding steroid dienone is 5. The van der Waals surface area contributed by atoms with Crippen LogP contribution in [0.15, 0.2) is 60.2 Å². The van der Waals surface area contributed by atoms with Gasteiger partial charge in [0, 0.05) is 10.4 Å². The fourth-order valence-electron chi connectivity index (χ4n) is 2.11. The highest BCUT2D eigenvalue weighted by atomic mass is 35.5. The van der Waals surface area contributed by atoms with Crippen molar-refractivity contribution in [3.8, 4) is 0 Å². The van der Waals surface area contributed by atoms with Crippen LogP contribution in [0.4, 0.5) is 0 Å². The molecule has 1 aromatic heterocycles. The van der Waals surface area contributed by atoms with Crippen molar-refractivity contribution in [1.82, 2.24) is 4.98 Å². The minimum Gasteiger partial charge on any atom is -0.248 e. The number of aromatic nitrogens is 1. The Labute approximate surface area is 125 Å². The van der Waals surface area contributed by atoms with Gasteiger partial charge in [-0.2, -0.15) is 0 Å². The zero-order valence-electron chi connectivity index (χ0n) is 12.1. The van der Waals surface area contributed by atoms with E-state index in [1.165, 1.54) is 11.1 Å². The molecule has 0 aliphatic carbocycles. The van der Waals surface area contributed by atoms with Gasteiger partial charge in [-0.3, -0.25) is 0 Å². The summed E-state index contributed by atoms with van der Waals surface area (Å²) in [7, 11) is 0. The maximum Gasteiger partial charge on any atom is 0.0724 e. The molecule has 2 rings (SSSR count). The molecule has 0 unspecified atom stereocenters. The normalized spacial score (nSPS) is 11.5. The summed E-state index contributed by atoms with van der Waals surface area (Å²) < 4.78 is 0. The first kappa shape index (κ1) is 14.5. The van der Waals surface area contributed by atoms with Crippen LogP contribution in [0.25, 0.3) is 16.5 Å². The summed E-state index contributed by atoms with van der Waals surface area (Å²) in [5.74, 6) is 0. The minimum atomic E-state index is 0.698. The number of fused-ring (bicyclic) bond motifs is 1. The van der Waals surface area contributed by atoms with Crippen molar-refractivity contribution in [2.45, 2.75) is 20.8 Å². The molecule has 2 heteroatoms. The van der Waals surface area contributed by atoms with Crippen molar-refractivity contribution in [2.24, 2.45) is 0 Å². The van der Waals surface area contributed by atoms with E-state index >= 15 is 0 Å². The van der Waals surface area contributed by atoms with Gasteiger partial charge in [-0.05, 0) is 44.5 Å². The fourth-order valence-corrected chi connectivity index (χ4v) is 2.28. The Bertz CT molecular complexity index is 719. The van der Waals surface area contributed by atoms with Crippen molar-refractivity contribution >= 4 is 28.1 Å². The minimum absolute atomic E-state index is 0.698. The molecule has 0 atom stereocenters. The predicted molar refractivity (Wildman–Crippen MR) is 89.0 cm³/mol. The lowest BCUT2D eigenvalue weighted by molar-refractivity contribution is 1.33. The average molecular weight is 284 g/mol. The molecule has 0 fully saturated rings. The number of hydrogen-bond acceptors (Lipinski definition) is 1. The molecular formula is C18H18ClN. The number of hydrogen-bond donors (Lipinski definition) is 0. The smallest absolute Gasteiger partial charge is 0.0724 e. The van der Waals surface area contributed by atoms with E-state index in [2.05, 4.69) is 38.4 Å². The Morgan fingerprint density at radius 3 is 2.50 bits per heavy atom. The summed E-state index contributed by atoms with van der Waals surface area (Å²) in [5.41, 5.74) is 5.11. The first-order chi connectivity index (χ1) is 9.45. The van der Waals surface area contributed by atoms with Crippen molar-refractivity contribution in [1.29, 1.82) is 0 Å². The molecule has 2 aromatic rings. The third-order valence-corrected chi connectivity index (χ3v) is 3.14. The van der Waals surface area contributed by atoms with Crippen molar-refractivity contribution in [3.63, 3.8) is 0 Å². The number of nitrogens with zero attached hydrogens (tertiary/aromatic N) is 1. The summed E-state index contributed by atoms with van der Waals surface area (Å²) in [6, 6.07) is 9.76. The summed E-state index contributed by atoms with van der Waals surface area (Å²) in [5, 5.41) is 1.78. The highest BCUT2D eigenvalue weighted by molar-refractivity contribution is 6.31. The molecule has 0 N–H and O–H groups in total. The summed E-state index contributed by atoms with van der Waals surface area (Å²) >= 11 is 6.01. The summed E-state index contributed by atoms with van der Waals surface area (Å²) in [4.78, 5) is 4.62. The third-order valence-electron chi connectivity index (χ3n) is 2.90. The second-order valence-electron chi connectivity index (χ2n) is 5.17. The number of rotatable bonds is 3. The summed E-state index contributed by atoms with van der Waals surface area (Å²) in [6.07, 6.45) is 4.18. The molecule has 0 bridgehead atoms. The van der Waals surface area contributed by atoms with Gasteiger partial charge < -0.3 is 0 Å². The van der Waals surface area contributed by atoms with E-state index in [-0.39, 0.29) is 0 Å². The highest BCUT2D eigenvalue weighted by Crippen LogP contribution is 2.21. The average Bonchev–Trinajstić information content (AvgIpc) is 2.36. The van der Waals surface area contributed by atoms with Gasteiger partial charge in [-0.25, -0.2) is 4.98 Å². The quantitative estimate of drug-likeness (QED) is 0.647. The predicted octanol–water partition coefficient (Wildman–Crippen LogP) is 5.81. The van der Waals surface area contributed by atoms with E-state index in [9.17, 15) is 0 Å². The van der Waals surface area contributed by atoms with Crippen molar-refractivity contribution < 1.29 is 0 Å². The monoisotopic (exact) mass is 283 g/mol. The van der Waals surface area contributed by atoms with Crippen molar-refractivity contribution in [2.75, 3.05) is 0 Å². The molecule has 0 aliphatic rings. The first-order valence-electron chi connectivity index (χ1n) is 6.54. The second-order valence-corrected chi connectivity index (χ2v) is 5.61. The highest BCUT2D eigenvalue weighted by Gasteiger charge is 2.02. The van der Waals surface area contributed by atoms with Crippen LogP contribution in [0, 0.1) is 0 Å². The van der Waals surface area contributed by atoms with Crippen LogP contribution in [0.5, 0.6) is 0 Å². The van der Waals surface area contributed by atoms with Crippen LogP contribution in [0.3, 0.4) is 0 Å². The van der Waals surface area contributed by atoms with Gasteiger partial charge in [0.15, 0.2) is 0 Å². The molecule has 1 nitrogen and oxygen atoms in total. The number of benzene rings is 1. The van der Waals surface area contributed by atoms with Crippen LogP contribution >= 0.6 is 11.6 Å². The standard InChI is InChI=1S/C18H18ClN/c1-12(2)9-13(3)10-14(4)17-8-6-15-5-7-16(19)11-18(15)20-17/h5-11H,4H2,1-3H3/b13-10-. The molecule has 0 saturated heterocycles. The maximum atomic E-state index is 6.01. The molecule has 0 amide bonds. The van der Waals surface area contributed by atoms with Crippen LogP contribution in [0.1, 0.15) is 26.5 Å². The van der Waals surface area contributed by atoms with Crippen molar-refractivity contribution in [3.05, 3.63) is 70.9 Å². The molecule has 1 aromatic carbocycles. The Morgan fingerprint density at radius 2 is 1.80 bits per heavy atom. The molecular weight excluding hydrogens is 266 g/mol. The number of pyridine rings is 1. The zero-order chi connectivity index (χ0) is 14.7. The third kappa shape index (κ3) is 3.58. The van der Waals surface area contributed by atoms with Gasteiger partial charge >= 0.3 is 0 Å². The van der Waals surface area contributed by atoms with Gasteiger partial charge in [-0.1, -0.05) is 53.6 Å². The number of halogens is 1. The first-order valence-corrected chi connectivity index (χ1v) is 6.92. The van der Waals surface area contributed by atoms with E-state index in [0.29, 0.717) is 5.02 Å². The summed E-state index contributed by atoms with van der Waals surface area (Å²) in [6.45, 7) is 10.3. The van der Waals surface area contributed by atoms with Gasteiger partial charge in [-0.15, -0.1) is 0 Å². The molecule has 0 saturated carbocycles. The largest absolute Gasteiger partial charge is 0.248 e. The van der Waals surface area contributed by atoms with Crippen LogP contribution in [0.2, 0.25) is 5.02 Å². The molecule has 0 aliphatic heterocycles. The molecule has 1 heterocycles. The molecule has 0 spiro atoms. The van der Waals surface area contributed by atoms with E-state index in [4.69, 9.17) is 11.6 Å². The topological polar surface area (TPSA) is 12.9 Å². The van der Waals surface area contributed by atoms with Crippen LogP contribution in [-0.4, -0.2) is 4.98 Å². The zero-order valence-corrected chi connectivity index (χ0v) is 12.8. The van der Waals surface area contributed by atoms with Gasteiger partial charge in [0.05, 0.1) is 11.2 Å². The van der Waals surface area contributed by atoms with E-state index in [1.54, 1.807) is 0 Å². The Balaban J connectivity index is 2.38. The van der Waals surface area contributed by atoms with Gasteiger partial charge in [0.2, 0.25) is 0 Å². The van der Waals surface area contributed by atoms with E-state index in [0.717, 1.165) is 22.2 Å². The molecule has 102 valence electrons. The second kappa shape index (κ2) is 6.06. The van der Waals surface area contributed by atoms with E-state index < -0.39 is 0 Å². The van der Waals surface area contributed by atoms with Crippen LogP contribution < -0.4 is 0 Å². The Morgan fingerprint density at radius 1 is 1.10 bits per heavy atom. The lowest BCUT2D eigenvalue weighted by Gasteiger charge is -2.04. The Hall–Kier alpha value is -1.86. The van der Waals surface area contributed by atoms with Crippen LogP contribution in [-0.2, 0) is 0 Å². The SMILES string of the molecule is C=C(/C=C(/C)C=C(C)C)c1ccc2ccc(Cl)cc2n1. The molecule has 20 heavy (non-hydrogen) atoms. The van der Waals surface area contributed by atoms with Gasteiger partial charge in [0.25, 0.3) is 0 Å². The lowest BCUT2D eigenvalue weighted by atomic mass is 10.1. The molecule has 0 radical (unpaired) electrons.